The van der Waals surface area contributed by atoms with Crippen LogP contribution in [0.5, 0.6) is 0 Å². The molecule has 0 amide bonds. The molecule has 4 rings (SSSR count). The first kappa shape index (κ1) is 12.4. The van der Waals surface area contributed by atoms with Crippen molar-refractivity contribution in [1.29, 1.82) is 0 Å². The van der Waals surface area contributed by atoms with Crippen LogP contribution in [-0.2, 0) is 13.0 Å². The lowest BCUT2D eigenvalue weighted by Gasteiger charge is -2.32. The van der Waals surface area contributed by atoms with E-state index in [2.05, 4.69) is 46.1 Å². The number of hydrogen-bond donors (Lipinski definition) is 1. The van der Waals surface area contributed by atoms with Crippen LogP contribution in [0.3, 0.4) is 0 Å². The third-order valence-corrected chi connectivity index (χ3v) is 5.01. The second-order valence-corrected chi connectivity index (χ2v) is 6.16. The summed E-state index contributed by atoms with van der Waals surface area (Å²) in [7, 11) is 0. The second kappa shape index (κ2) is 4.90. The van der Waals surface area contributed by atoms with Crippen molar-refractivity contribution in [3.63, 3.8) is 0 Å². The zero-order chi connectivity index (χ0) is 13.5. The van der Waals surface area contributed by atoms with Crippen LogP contribution in [0.25, 0.3) is 10.9 Å². The summed E-state index contributed by atoms with van der Waals surface area (Å²) in [5.41, 5.74) is 4.55. The molecule has 1 aromatic carbocycles. The van der Waals surface area contributed by atoms with Gasteiger partial charge in [0.1, 0.15) is 0 Å². The first-order valence-electron chi connectivity index (χ1n) is 7.90. The van der Waals surface area contributed by atoms with E-state index in [1.165, 1.54) is 41.4 Å². The second-order valence-electron chi connectivity index (χ2n) is 6.16. The number of benzene rings is 1. The molecule has 2 aromatic rings. The van der Waals surface area contributed by atoms with Gasteiger partial charge in [-0.2, -0.15) is 0 Å². The summed E-state index contributed by atoms with van der Waals surface area (Å²) in [6.07, 6.45) is 4.94. The van der Waals surface area contributed by atoms with Crippen molar-refractivity contribution in [2.75, 3.05) is 26.2 Å². The average molecular weight is 269 g/mol. The summed E-state index contributed by atoms with van der Waals surface area (Å²) in [5, 5.41) is 4.93. The molecule has 0 bridgehead atoms. The summed E-state index contributed by atoms with van der Waals surface area (Å²) in [6, 6.07) is 7.38. The maximum Gasteiger partial charge on any atom is 0.0516 e. The van der Waals surface area contributed by atoms with Crippen LogP contribution >= 0.6 is 0 Å². The predicted octanol–water partition coefficient (Wildman–Crippen LogP) is 2.55. The van der Waals surface area contributed by atoms with E-state index in [4.69, 9.17) is 0 Å². The van der Waals surface area contributed by atoms with E-state index in [-0.39, 0.29) is 0 Å². The number of aryl methyl sites for hydroxylation is 2. The van der Waals surface area contributed by atoms with Crippen LogP contribution in [0.15, 0.2) is 24.4 Å². The van der Waals surface area contributed by atoms with Gasteiger partial charge in [-0.05, 0) is 30.9 Å². The molecule has 2 aliphatic heterocycles. The third kappa shape index (κ3) is 1.88. The molecular formula is C17H23N3. The lowest BCUT2D eigenvalue weighted by Crippen LogP contribution is -2.44. The zero-order valence-electron chi connectivity index (χ0n) is 12.2. The van der Waals surface area contributed by atoms with Crippen molar-refractivity contribution in [1.82, 2.24) is 14.8 Å². The maximum atomic E-state index is 3.45. The van der Waals surface area contributed by atoms with Crippen LogP contribution in [0.4, 0.5) is 0 Å². The van der Waals surface area contributed by atoms with Gasteiger partial charge in [0.15, 0.2) is 0 Å². The normalized spacial score (nSPS) is 21.2. The highest BCUT2D eigenvalue weighted by Gasteiger charge is 2.23. The van der Waals surface area contributed by atoms with E-state index in [1.54, 1.807) is 0 Å². The number of rotatable bonds is 2. The van der Waals surface area contributed by atoms with Crippen LogP contribution in [0.1, 0.15) is 30.5 Å². The molecular weight excluding hydrogens is 246 g/mol. The minimum absolute atomic E-state index is 0.522. The van der Waals surface area contributed by atoms with Crippen LogP contribution in [0.2, 0.25) is 0 Å². The van der Waals surface area contributed by atoms with Gasteiger partial charge in [-0.25, -0.2) is 0 Å². The number of hydrogen-bond acceptors (Lipinski definition) is 2. The number of nitrogens with zero attached hydrogens (tertiary/aromatic N) is 2. The summed E-state index contributed by atoms with van der Waals surface area (Å²) < 4.78 is 2.49. The van der Waals surface area contributed by atoms with Gasteiger partial charge < -0.3 is 9.88 Å². The molecule has 3 nitrogen and oxygen atoms in total. The molecule has 1 N–H and O–H groups in total. The minimum Gasteiger partial charge on any atom is -0.347 e. The van der Waals surface area contributed by atoms with Gasteiger partial charge in [0.25, 0.3) is 0 Å². The van der Waals surface area contributed by atoms with Crippen LogP contribution in [0, 0.1) is 0 Å². The van der Waals surface area contributed by atoms with Crippen molar-refractivity contribution in [2.45, 2.75) is 32.4 Å². The quantitative estimate of drug-likeness (QED) is 0.904. The van der Waals surface area contributed by atoms with Gasteiger partial charge >= 0.3 is 0 Å². The molecule has 2 aliphatic rings. The smallest absolute Gasteiger partial charge is 0.0516 e. The predicted molar refractivity (Wildman–Crippen MR) is 83.1 cm³/mol. The Hall–Kier alpha value is -1.32. The Balaban J connectivity index is 1.78. The van der Waals surface area contributed by atoms with Gasteiger partial charge in [0.05, 0.1) is 5.52 Å². The van der Waals surface area contributed by atoms with Crippen molar-refractivity contribution in [3.05, 3.63) is 35.5 Å². The fraction of sp³-hybridized carbons (Fsp3) is 0.529. The fourth-order valence-electron chi connectivity index (χ4n) is 3.88. The van der Waals surface area contributed by atoms with E-state index in [1.807, 2.05) is 0 Å². The van der Waals surface area contributed by atoms with E-state index >= 15 is 0 Å². The first-order valence-corrected chi connectivity index (χ1v) is 7.90. The Morgan fingerprint density at radius 1 is 1.15 bits per heavy atom. The van der Waals surface area contributed by atoms with Gasteiger partial charge in [-0.1, -0.05) is 18.2 Å². The van der Waals surface area contributed by atoms with Crippen molar-refractivity contribution in [2.24, 2.45) is 0 Å². The topological polar surface area (TPSA) is 20.2 Å². The Bertz CT molecular complexity index is 622. The Kier molecular flexibility index (Phi) is 3.04. The fourth-order valence-corrected chi connectivity index (χ4v) is 3.88. The first-order chi connectivity index (χ1) is 9.84. The highest BCUT2D eigenvalue weighted by Crippen LogP contribution is 2.34. The molecule has 106 valence electrons. The van der Waals surface area contributed by atoms with Gasteiger partial charge in [-0.15, -0.1) is 0 Å². The molecule has 3 heteroatoms. The van der Waals surface area contributed by atoms with Crippen LogP contribution < -0.4 is 5.32 Å². The molecule has 1 unspecified atom stereocenters. The van der Waals surface area contributed by atoms with Crippen molar-refractivity contribution < 1.29 is 0 Å². The number of para-hydroxylation sites is 1. The summed E-state index contributed by atoms with van der Waals surface area (Å²) in [4.78, 5) is 2.61. The number of piperazine rings is 1. The highest BCUT2D eigenvalue weighted by atomic mass is 15.2. The number of aromatic nitrogens is 1. The average Bonchev–Trinajstić information content (AvgIpc) is 2.89. The van der Waals surface area contributed by atoms with E-state index in [9.17, 15) is 0 Å². The van der Waals surface area contributed by atoms with E-state index in [0.29, 0.717) is 6.04 Å². The number of nitrogens with one attached hydrogen (secondary N) is 1. The summed E-state index contributed by atoms with van der Waals surface area (Å²) >= 11 is 0. The van der Waals surface area contributed by atoms with Gasteiger partial charge in [0, 0.05) is 50.3 Å². The largest absolute Gasteiger partial charge is 0.347 e. The van der Waals surface area contributed by atoms with Crippen LogP contribution in [-0.4, -0.2) is 35.6 Å². The molecule has 0 aliphatic carbocycles. The van der Waals surface area contributed by atoms with E-state index in [0.717, 1.165) is 26.2 Å². The Morgan fingerprint density at radius 2 is 2.00 bits per heavy atom. The van der Waals surface area contributed by atoms with E-state index < -0.39 is 0 Å². The minimum atomic E-state index is 0.522. The van der Waals surface area contributed by atoms with Crippen molar-refractivity contribution >= 4 is 10.9 Å². The molecule has 1 aromatic heterocycles. The molecule has 20 heavy (non-hydrogen) atoms. The monoisotopic (exact) mass is 269 g/mol. The summed E-state index contributed by atoms with van der Waals surface area (Å²) in [5.74, 6) is 0. The van der Waals surface area contributed by atoms with Gasteiger partial charge in [0.2, 0.25) is 0 Å². The Morgan fingerprint density at radius 3 is 2.85 bits per heavy atom. The zero-order valence-corrected chi connectivity index (χ0v) is 12.2. The lowest BCUT2D eigenvalue weighted by atomic mass is 10.00. The molecule has 0 spiro atoms. The maximum absolute atomic E-state index is 3.45. The molecule has 1 saturated heterocycles. The molecule has 1 atom stereocenters. The Labute approximate surface area is 120 Å². The summed E-state index contributed by atoms with van der Waals surface area (Å²) in [6.45, 7) is 8.11. The molecule has 0 saturated carbocycles. The SMILES string of the molecule is CC(c1cn2c3c(cccc13)CCC2)N1CCNCC1. The third-order valence-electron chi connectivity index (χ3n) is 5.01. The lowest BCUT2D eigenvalue weighted by molar-refractivity contribution is 0.186. The van der Waals surface area contributed by atoms with Gasteiger partial charge in [-0.3, -0.25) is 4.90 Å². The molecule has 3 heterocycles. The standard InChI is InChI=1S/C17H23N3/c1-13(19-10-7-18-8-11-19)16-12-20-9-3-5-14-4-2-6-15(16)17(14)20/h2,4,6,12-13,18H,3,5,7-11H2,1H3. The van der Waals surface area contributed by atoms with Crippen molar-refractivity contribution in [3.8, 4) is 0 Å². The molecule has 1 fully saturated rings. The highest BCUT2D eigenvalue weighted by molar-refractivity contribution is 5.87. The molecule has 0 radical (unpaired) electrons.